The maximum Gasteiger partial charge on any atom is 0.221 e. The van der Waals surface area contributed by atoms with E-state index in [9.17, 15) is 4.79 Å². The van der Waals surface area contributed by atoms with Gasteiger partial charge in [-0.2, -0.15) is 0 Å². The first-order chi connectivity index (χ1) is 15.0. The van der Waals surface area contributed by atoms with E-state index in [0.717, 1.165) is 61.2 Å². The number of amides is 1. The molecule has 2 N–H and O–H groups in total. The molecule has 0 aliphatic carbocycles. The average molecular weight is 441 g/mol. The molecule has 7 nitrogen and oxygen atoms in total. The normalized spacial score (nSPS) is 15.6. The Bertz CT molecular complexity index is 1020. The van der Waals surface area contributed by atoms with Crippen molar-refractivity contribution in [1.29, 1.82) is 0 Å². The second-order valence-corrected chi connectivity index (χ2v) is 9.23. The predicted molar refractivity (Wildman–Crippen MR) is 128 cm³/mol. The minimum Gasteiger partial charge on any atom is -0.388 e. The van der Waals surface area contributed by atoms with Crippen molar-refractivity contribution in [2.75, 3.05) is 45.1 Å². The first kappa shape index (κ1) is 21.8. The van der Waals surface area contributed by atoms with Crippen LogP contribution in [0, 0.1) is 0 Å². The lowest BCUT2D eigenvalue weighted by Gasteiger charge is -2.34. The first-order valence-electron chi connectivity index (χ1n) is 11.0. The van der Waals surface area contributed by atoms with Crippen LogP contribution in [0.15, 0.2) is 35.8 Å². The Morgan fingerprint density at radius 3 is 2.65 bits per heavy atom. The molecule has 1 aliphatic heterocycles. The highest BCUT2D eigenvalue weighted by Gasteiger charge is 2.20. The van der Waals surface area contributed by atoms with Gasteiger partial charge in [-0.05, 0) is 19.9 Å². The van der Waals surface area contributed by atoms with Gasteiger partial charge in [0.2, 0.25) is 5.91 Å². The van der Waals surface area contributed by atoms with Crippen molar-refractivity contribution in [2.45, 2.75) is 32.9 Å². The summed E-state index contributed by atoms with van der Waals surface area (Å²) in [6.07, 6.45) is 2.73. The number of imidazole rings is 1. The third-order valence-corrected chi connectivity index (χ3v) is 6.60. The number of aromatic nitrogens is 2. The minimum absolute atomic E-state index is 0.147. The third-order valence-electron chi connectivity index (χ3n) is 5.71. The fraction of sp³-hybridized carbons (Fsp3) is 0.478. The number of benzene rings is 1. The van der Waals surface area contributed by atoms with Crippen molar-refractivity contribution in [2.24, 2.45) is 0 Å². The highest BCUT2D eigenvalue weighted by atomic mass is 32.1. The molecule has 0 atom stereocenters. The van der Waals surface area contributed by atoms with Crippen molar-refractivity contribution in [1.82, 2.24) is 24.5 Å². The van der Waals surface area contributed by atoms with E-state index in [1.807, 2.05) is 27.0 Å². The highest BCUT2D eigenvalue weighted by Crippen LogP contribution is 2.29. The summed E-state index contributed by atoms with van der Waals surface area (Å²) in [6, 6.07) is 8.49. The molecule has 0 spiro atoms. The number of nitrogens with zero attached hydrogens (tertiary/aromatic N) is 4. The topological polar surface area (TPSA) is 64.9 Å². The fourth-order valence-corrected chi connectivity index (χ4v) is 4.92. The number of carbonyl (C=O) groups excluding carboxylic acids is 1. The molecular weight excluding hydrogens is 408 g/mol. The minimum atomic E-state index is 0.147. The van der Waals surface area contributed by atoms with E-state index in [4.69, 9.17) is 4.98 Å². The van der Waals surface area contributed by atoms with Crippen LogP contribution in [0.25, 0.3) is 16.2 Å². The lowest BCUT2D eigenvalue weighted by Crippen LogP contribution is -2.47. The van der Waals surface area contributed by atoms with Crippen molar-refractivity contribution >= 4 is 27.9 Å². The molecule has 1 aromatic carbocycles. The number of hydrogen-bond acceptors (Lipinski definition) is 6. The van der Waals surface area contributed by atoms with Gasteiger partial charge in [-0.1, -0.05) is 18.2 Å². The molecule has 4 rings (SSSR count). The second kappa shape index (κ2) is 9.80. The quantitative estimate of drug-likeness (QED) is 0.563. The number of fused-ring (bicyclic) bond motifs is 1. The number of nitrogens with one attached hydrogen (secondary N) is 2. The molecule has 31 heavy (non-hydrogen) atoms. The first-order valence-corrected chi connectivity index (χ1v) is 11.9. The van der Waals surface area contributed by atoms with Crippen LogP contribution in [0.2, 0.25) is 0 Å². The number of anilines is 1. The Kier molecular flexibility index (Phi) is 6.89. The van der Waals surface area contributed by atoms with Gasteiger partial charge < -0.3 is 15.5 Å². The van der Waals surface area contributed by atoms with Gasteiger partial charge in [0.25, 0.3) is 0 Å². The van der Waals surface area contributed by atoms with Gasteiger partial charge in [0, 0.05) is 87.3 Å². The van der Waals surface area contributed by atoms with Crippen molar-refractivity contribution in [3.63, 3.8) is 0 Å². The maximum absolute atomic E-state index is 11.9. The predicted octanol–water partition coefficient (Wildman–Crippen LogP) is 3.14. The number of hydrogen-bond donors (Lipinski definition) is 2. The molecule has 0 radical (unpaired) electrons. The summed E-state index contributed by atoms with van der Waals surface area (Å²) in [7, 11) is 1.94. The zero-order valence-corrected chi connectivity index (χ0v) is 19.4. The molecule has 1 amide bonds. The maximum atomic E-state index is 11.9. The standard InChI is InChI=1S/C23H32N6OS/c1-17(2)25-22(30)8-9-27-10-12-28(13-11-27)14-18-16-31-23-26-21(15-29(18)23)19-6-4-5-7-20(19)24-3/h4-7,15-17,24H,8-14H2,1-3H3,(H,25,30). The molecule has 1 fully saturated rings. The van der Waals surface area contributed by atoms with Crippen LogP contribution in [-0.2, 0) is 11.3 Å². The molecule has 3 heterocycles. The van der Waals surface area contributed by atoms with Crippen molar-refractivity contribution < 1.29 is 4.79 Å². The number of rotatable bonds is 8. The summed E-state index contributed by atoms with van der Waals surface area (Å²) in [5, 5.41) is 8.45. The summed E-state index contributed by atoms with van der Waals surface area (Å²) < 4.78 is 2.23. The van der Waals surface area contributed by atoms with Gasteiger partial charge in [0.05, 0.1) is 5.69 Å². The van der Waals surface area contributed by atoms with Crippen LogP contribution < -0.4 is 10.6 Å². The monoisotopic (exact) mass is 440 g/mol. The molecule has 0 bridgehead atoms. The van der Waals surface area contributed by atoms with Crippen LogP contribution in [0.4, 0.5) is 5.69 Å². The SMILES string of the molecule is CNc1ccccc1-c1cn2c(CN3CCN(CCC(=O)NC(C)C)CC3)csc2n1. The van der Waals surface area contributed by atoms with E-state index in [0.29, 0.717) is 6.42 Å². The molecule has 1 saturated heterocycles. The molecule has 0 saturated carbocycles. The largest absolute Gasteiger partial charge is 0.388 e. The smallest absolute Gasteiger partial charge is 0.221 e. The summed E-state index contributed by atoms with van der Waals surface area (Å²) in [6.45, 7) is 9.82. The van der Waals surface area contributed by atoms with Crippen LogP contribution in [0.1, 0.15) is 26.0 Å². The molecule has 0 unspecified atom stereocenters. The zero-order chi connectivity index (χ0) is 21.8. The van der Waals surface area contributed by atoms with Crippen LogP contribution in [0.5, 0.6) is 0 Å². The Morgan fingerprint density at radius 2 is 1.90 bits per heavy atom. The lowest BCUT2D eigenvalue weighted by molar-refractivity contribution is -0.122. The van der Waals surface area contributed by atoms with Crippen molar-refractivity contribution in [3.05, 3.63) is 41.5 Å². The van der Waals surface area contributed by atoms with Gasteiger partial charge in [-0.3, -0.25) is 14.1 Å². The Hall–Kier alpha value is -2.42. The number of thiazole rings is 1. The molecule has 166 valence electrons. The summed E-state index contributed by atoms with van der Waals surface area (Å²) in [4.78, 5) is 22.7. The van der Waals surface area contributed by atoms with E-state index in [2.05, 4.69) is 54.6 Å². The lowest BCUT2D eigenvalue weighted by atomic mass is 10.1. The summed E-state index contributed by atoms with van der Waals surface area (Å²) in [5.41, 5.74) is 4.50. The van der Waals surface area contributed by atoms with Gasteiger partial charge in [0.15, 0.2) is 4.96 Å². The van der Waals surface area contributed by atoms with E-state index in [1.54, 1.807) is 11.3 Å². The number of para-hydroxylation sites is 1. The summed E-state index contributed by atoms with van der Waals surface area (Å²) >= 11 is 1.70. The third kappa shape index (κ3) is 5.26. The Morgan fingerprint density at radius 1 is 1.16 bits per heavy atom. The van der Waals surface area contributed by atoms with Crippen molar-refractivity contribution in [3.8, 4) is 11.3 Å². The van der Waals surface area contributed by atoms with Gasteiger partial charge in [-0.25, -0.2) is 4.98 Å². The van der Waals surface area contributed by atoms with Gasteiger partial charge >= 0.3 is 0 Å². The molecule has 8 heteroatoms. The average Bonchev–Trinajstić information content (AvgIpc) is 3.34. The molecular formula is C23H32N6OS. The Labute approximate surface area is 188 Å². The van der Waals surface area contributed by atoms with Gasteiger partial charge in [0.1, 0.15) is 0 Å². The van der Waals surface area contributed by atoms with Crippen LogP contribution in [-0.4, -0.2) is 70.9 Å². The number of piperazine rings is 1. The summed E-state index contributed by atoms with van der Waals surface area (Å²) in [5.74, 6) is 0.147. The van der Waals surface area contributed by atoms with E-state index >= 15 is 0 Å². The van der Waals surface area contributed by atoms with Gasteiger partial charge in [-0.15, -0.1) is 11.3 Å². The molecule has 1 aliphatic rings. The van der Waals surface area contributed by atoms with E-state index in [-0.39, 0.29) is 11.9 Å². The fourth-order valence-electron chi connectivity index (χ4n) is 4.05. The van der Waals surface area contributed by atoms with Crippen LogP contribution in [0.3, 0.4) is 0 Å². The molecule has 3 aromatic rings. The number of carbonyl (C=O) groups is 1. The Balaban J connectivity index is 1.35. The van der Waals surface area contributed by atoms with Crippen LogP contribution >= 0.6 is 11.3 Å². The van der Waals surface area contributed by atoms with E-state index < -0.39 is 0 Å². The molecule has 2 aromatic heterocycles. The second-order valence-electron chi connectivity index (χ2n) is 8.39. The van der Waals surface area contributed by atoms with E-state index in [1.165, 1.54) is 5.69 Å². The zero-order valence-electron chi connectivity index (χ0n) is 18.6. The highest BCUT2D eigenvalue weighted by molar-refractivity contribution is 7.15.